The Bertz CT molecular complexity index is 329. The fraction of sp³-hybridized carbons (Fsp3) is 0.364. The van der Waals surface area contributed by atoms with Gasteiger partial charge in [-0.2, -0.15) is 0 Å². The molecule has 1 aromatic rings. The first-order chi connectivity index (χ1) is 7.72. The maximum absolute atomic E-state index is 11.2. The molecule has 16 heavy (non-hydrogen) atoms. The molecular weight excluding hydrogens is 246 g/mol. The highest BCUT2D eigenvalue weighted by Gasteiger charge is 2.00. The van der Waals surface area contributed by atoms with Gasteiger partial charge in [0, 0.05) is 28.6 Å². The second-order valence-corrected chi connectivity index (χ2v) is 4.73. The van der Waals surface area contributed by atoms with Crippen LogP contribution < -0.4 is 5.32 Å². The van der Waals surface area contributed by atoms with Crippen LogP contribution in [0.5, 0.6) is 0 Å². The van der Waals surface area contributed by atoms with E-state index in [9.17, 15) is 4.79 Å². The molecular formula is C11H14ClNO2S. The van der Waals surface area contributed by atoms with Crippen molar-refractivity contribution in [1.82, 2.24) is 5.32 Å². The number of amides is 1. The number of nitrogens with one attached hydrogen (secondary N) is 1. The van der Waals surface area contributed by atoms with Gasteiger partial charge in [-0.05, 0) is 24.3 Å². The molecule has 0 saturated heterocycles. The van der Waals surface area contributed by atoms with E-state index in [4.69, 9.17) is 16.7 Å². The number of benzene rings is 1. The molecule has 0 aliphatic rings. The summed E-state index contributed by atoms with van der Waals surface area (Å²) in [5.74, 6) is 0.689. The largest absolute Gasteiger partial charge is 0.395 e. The molecule has 0 fully saturated rings. The maximum Gasteiger partial charge on any atom is 0.220 e. The van der Waals surface area contributed by atoms with Gasteiger partial charge in [0.1, 0.15) is 0 Å². The van der Waals surface area contributed by atoms with E-state index in [1.54, 1.807) is 11.8 Å². The van der Waals surface area contributed by atoms with Crippen molar-refractivity contribution in [1.29, 1.82) is 0 Å². The van der Waals surface area contributed by atoms with Gasteiger partial charge in [-0.25, -0.2) is 0 Å². The van der Waals surface area contributed by atoms with Crippen molar-refractivity contribution in [3.05, 3.63) is 29.3 Å². The Morgan fingerprint density at radius 1 is 1.38 bits per heavy atom. The summed E-state index contributed by atoms with van der Waals surface area (Å²) < 4.78 is 0. The summed E-state index contributed by atoms with van der Waals surface area (Å²) in [5, 5.41) is 11.8. The van der Waals surface area contributed by atoms with Crippen molar-refractivity contribution in [2.75, 3.05) is 18.9 Å². The topological polar surface area (TPSA) is 49.3 Å². The SMILES string of the molecule is O=C(CCSc1ccc(Cl)cc1)NCCO. The van der Waals surface area contributed by atoms with Crippen LogP contribution in [0, 0.1) is 0 Å². The second kappa shape index (κ2) is 7.54. The number of thioether (sulfide) groups is 1. The lowest BCUT2D eigenvalue weighted by atomic mass is 10.4. The lowest BCUT2D eigenvalue weighted by Gasteiger charge is -2.03. The third-order valence-electron chi connectivity index (χ3n) is 1.85. The van der Waals surface area contributed by atoms with Gasteiger partial charge in [0.15, 0.2) is 0 Å². The Morgan fingerprint density at radius 2 is 2.06 bits per heavy atom. The minimum absolute atomic E-state index is 0.0178. The Morgan fingerprint density at radius 3 is 2.69 bits per heavy atom. The van der Waals surface area contributed by atoms with Gasteiger partial charge in [0.25, 0.3) is 0 Å². The average Bonchev–Trinajstić information content (AvgIpc) is 2.29. The number of halogens is 1. The lowest BCUT2D eigenvalue weighted by molar-refractivity contribution is -0.120. The van der Waals surface area contributed by atoms with Crippen molar-refractivity contribution in [3.63, 3.8) is 0 Å². The van der Waals surface area contributed by atoms with Crippen LogP contribution in [0.2, 0.25) is 5.02 Å². The molecule has 88 valence electrons. The van der Waals surface area contributed by atoms with Crippen LogP contribution in [0.1, 0.15) is 6.42 Å². The van der Waals surface area contributed by atoms with E-state index < -0.39 is 0 Å². The van der Waals surface area contributed by atoms with Crippen LogP contribution in [0.15, 0.2) is 29.2 Å². The van der Waals surface area contributed by atoms with E-state index in [1.807, 2.05) is 24.3 Å². The summed E-state index contributed by atoms with van der Waals surface area (Å²) in [4.78, 5) is 12.3. The monoisotopic (exact) mass is 259 g/mol. The average molecular weight is 260 g/mol. The van der Waals surface area contributed by atoms with Crippen LogP contribution >= 0.6 is 23.4 Å². The highest BCUT2D eigenvalue weighted by atomic mass is 35.5. The Labute approximate surface area is 104 Å². The summed E-state index contributed by atoms with van der Waals surface area (Å²) in [6.07, 6.45) is 0.452. The standard InChI is InChI=1S/C11H14ClNO2S/c12-9-1-3-10(4-2-9)16-8-5-11(15)13-6-7-14/h1-4,14H,5-8H2,(H,13,15). The van der Waals surface area contributed by atoms with E-state index in [-0.39, 0.29) is 12.5 Å². The second-order valence-electron chi connectivity index (χ2n) is 3.13. The molecule has 1 amide bonds. The molecule has 0 bridgehead atoms. The zero-order chi connectivity index (χ0) is 11.8. The molecule has 1 rings (SSSR count). The van der Waals surface area contributed by atoms with Gasteiger partial charge < -0.3 is 10.4 Å². The number of rotatable bonds is 6. The van der Waals surface area contributed by atoms with Gasteiger partial charge in [0.05, 0.1) is 6.61 Å². The molecule has 0 unspecified atom stereocenters. The molecule has 1 aromatic carbocycles. The molecule has 2 N–H and O–H groups in total. The fourth-order valence-electron chi connectivity index (χ4n) is 1.08. The summed E-state index contributed by atoms with van der Waals surface area (Å²) in [5.41, 5.74) is 0. The number of hydrogen-bond donors (Lipinski definition) is 2. The van der Waals surface area contributed by atoms with Gasteiger partial charge in [-0.15, -0.1) is 11.8 Å². The molecule has 0 spiro atoms. The molecule has 0 saturated carbocycles. The normalized spacial score (nSPS) is 10.1. The minimum Gasteiger partial charge on any atom is -0.395 e. The third-order valence-corrected chi connectivity index (χ3v) is 3.11. The van der Waals surface area contributed by atoms with Crippen molar-refractivity contribution >= 4 is 29.3 Å². The van der Waals surface area contributed by atoms with Crippen molar-refractivity contribution in [3.8, 4) is 0 Å². The van der Waals surface area contributed by atoms with Crippen LogP contribution in [-0.2, 0) is 4.79 Å². The van der Waals surface area contributed by atoms with Crippen LogP contribution in [0.3, 0.4) is 0 Å². The molecule has 5 heteroatoms. The first-order valence-electron chi connectivity index (χ1n) is 4.98. The van der Waals surface area contributed by atoms with Gasteiger partial charge in [-0.1, -0.05) is 11.6 Å². The zero-order valence-electron chi connectivity index (χ0n) is 8.78. The number of aliphatic hydroxyl groups excluding tert-OH is 1. The number of hydrogen-bond acceptors (Lipinski definition) is 3. The van der Waals surface area contributed by atoms with E-state index in [0.29, 0.717) is 18.0 Å². The van der Waals surface area contributed by atoms with Crippen LogP contribution in [0.4, 0.5) is 0 Å². The highest BCUT2D eigenvalue weighted by molar-refractivity contribution is 7.99. The zero-order valence-corrected chi connectivity index (χ0v) is 10.4. The number of carbonyl (C=O) groups excluding carboxylic acids is 1. The Kier molecular flexibility index (Phi) is 6.30. The summed E-state index contributed by atoms with van der Waals surface area (Å²) in [6.45, 7) is 0.306. The third kappa shape index (κ3) is 5.39. The number of carbonyl (C=O) groups is 1. The van der Waals surface area contributed by atoms with Gasteiger partial charge in [0.2, 0.25) is 5.91 Å². The first-order valence-corrected chi connectivity index (χ1v) is 6.34. The summed E-state index contributed by atoms with van der Waals surface area (Å²) in [6, 6.07) is 7.52. The molecule has 0 aliphatic carbocycles. The molecule has 0 atom stereocenters. The van der Waals surface area contributed by atoms with Gasteiger partial charge >= 0.3 is 0 Å². The van der Waals surface area contributed by atoms with Crippen molar-refractivity contribution < 1.29 is 9.90 Å². The molecule has 0 aliphatic heterocycles. The van der Waals surface area contributed by atoms with Crippen molar-refractivity contribution in [2.24, 2.45) is 0 Å². The van der Waals surface area contributed by atoms with E-state index in [2.05, 4.69) is 5.32 Å². The van der Waals surface area contributed by atoms with Crippen LogP contribution in [-0.4, -0.2) is 29.9 Å². The lowest BCUT2D eigenvalue weighted by Crippen LogP contribution is -2.26. The quantitative estimate of drug-likeness (QED) is 0.768. The smallest absolute Gasteiger partial charge is 0.220 e. The Balaban J connectivity index is 2.20. The molecule has 3 nitrogen and oxygen atoms in total. The predicted octanol–water partition coefficient (Wildman–Crippen LogP) is 1.93. The van der Waals surface area contributed by atoms with Crippen LogP contribution in [0.25, 0.3) is 0 Å². The van der Waals surface area contributed by atoms with Gasteiger partial charge in [-0.3, -0.25) is 4.79 Å². The fourth-order valence-corrected chi connectivity index (χ4v) is 2.05. The van der Waals surface area contributed by atoms with Crippen molar-refractivity contribution in [2.45, 2.75) is 11.3 Å². The highest BCUT2D eigenvalue weighted by Crippen LogP contribution is 2.20. The summed E-state index contributed by atoms with van der Waals surface area (Å²) in [7, 11) is 0. The summed E-state index contributed by atoms with van der Waals surface area (Å²) >= 11 is 7.37. The first kappa shape index (κ1) is 13.4. The molecule has 0 heterocycles. The predicted molar refractivity (Wildman–Crippen MR) is 66.9 cm³/mol. The molecule has 0 aromatic heterocycles. The van der Waals surface area contributed by atoms with E-state index >= 15 is 0 Å². The van der Waals surface area contributed by atoms with E-state index in [1.165, 1.54) is 0 Å². The Hall–Kier alpha value is -0.710. The number of aliphatic hydroxyl groups is 1. The maximum atomic E-state index is 11.2. The van der Waals surface area contributed by atoms with E-state index in [0.717, 1.165) is 10.6 Å². The minimum atomic E-state index is -0.0319. The molecule has 0 radical (unpaired) electrons.